The highest BCUT2D eigenvalue weighted by molar-refractivity contribution is 7.80. The van der Waals surface area contributed by atoms with Gasteiger partial charge in [0.15, 0.2) is 0 Å². The van der Waals surface area contributed by atoms with Crippen molar-refractivity contribution in [1.82, 2.24) is 10.2 Å². The number of nitrogens with zero attached hydrogens (tertiary/aromatic N) is 1. The Morgan fingerprint density at radius 1 is 1.14 bits per heavy atom. The fourth-order valence-corrected chi connectivity index (χ4v) is 3.40. The van der Waals surface area contributed by atoms with Crippen LogP contribution in [0.2, 0.25) is 0 Å². The lowest BCUT2D eigenvalue weighted by Gasteiger charge is -2.36. The molecule has 1 unspecified atom stereocenters. The molecule has 0 amide bonds. The predicted molar refractivity (Wildman–Crippen MR) is 89.6 cm³/mol. The molecule has 1 N–H and O–H groups in total. The summed E-state index contributed by atoms with van der Waals surface area (Å²) in [5.74, 6) is 0.893. The Bertz CT molecular complexity index is 532. The van der Waals surface area contributed by atoms with E-state index in [9.17, 15) is 0 Å². The van der Waals surface area contributed by atoms with Crippen molar-refractivity contribution in [1.29, 1.82) is 0 Å². The third kappa shape index (κ3) is 3.38. The molecule has 1 aromatic carbocycles. The van der Waals surface area contributed by atoms with Crippen molar-refractivity contribution >= 4 is 17.2 Å². The van der Waals surface area contributed by atoms with Crippen molar-refractivity contribution in [3.63, 3.8) is 0 Å². The van der Waals surface area contributed by atoms with E-state index in [0.29, 0.717) is 0 Å². The smallest absolute Gasteiger partial charge is 0.118 e. The zero-order chi connectivity index (χ0) is 14.7. The average Bonchev–Trinajstić information content (AvgIpc) is 2.55. The van der Waals surface area contributed by atoms with Crippen LogP contribution >= 0.6 is 12.2 Å². The molecule has 0 spiro atoms. The molecule has 0 aliphatic carbocycles. The van der Waals surface area contributed by atoms with E-state index in [4.69, 9.17) is 17.0 Å². The molecule has 21 heavy (non-hydrogen) atoms. The van der Waals surface area contributed by atoms with Crippen molar-refractivity contribution in [3.05, 3.63) is 41.6 Å². The molecule has 0 bridgehead atoms. The van der Waals surface area contributed by atoms with Crippen LogP contribution in [0.25, 0.3) is 0 Å². The lowest BCUT2D eigenvalue weighted by molar-refractivity contribution is 0.269. The normalized spacial score (nSPS) is 22.5. The maximum atomic E-state index is 5.44. The van der Waals surface area contributed by atoms with Gasteiger partial charge in [-0.05, 0) is 43.0 Å². The van der Waals surface area contributed by atoms with E-state index in [0.717, 1.165) is 17.2 Å². The van der Waals surface area contributed by atoms with Gasteiger partial charge in [-0.3, -0.25) is 0 Å². The zero-order valence-electron chi connectivity index (χ0n) is 12.5. The van der Waals surface area contributed by atoms with Gasteiger partial charge < -0.3 is 15.0 Å². The second-order valence-electron chi connectivity index (χ2n) is 5.72. The second kappa shape index (κ2) is 6.48. The van der Waals surface area contributed by atoms with Crippen LogP contribution in [0.1, 0.15) is 37.3 Å². The van der Waals surface area contributed by atoms with Crippen molar-refractivity contribution in [2.75, 3.05) is 20.2 Å². The number of benzene rings is 1. The highest BCUT2D eigenvalue weighted by Crippen LogP contribution is 2.29. The zero-order valence-corrected chi connectivity index (χ0v) is 13.3. The number of piperidine rings is 1. The fraction of sp³-hybridized carbons (Fsp3) is 0.471. The van der Waals surface area contributed by atoms with Crippen molar-refractivity contribution in [2.45, 2.75) is 31.7 Å². The minimum absolute atomic E-state index is 0.269. The maximum Gasteiger partial charge on any atom is 0.118 e. The van der Waals surface area contributed by atoms with Gasteiger partial charge in [-0.1, -0.05) is 24.4 Å². The van der Waals surface area contributed by atoms with E-state index in [1.54, 1.807) is 7.11 Å². The van der Waals surface area contributed by atoms with E-state index in [1.165, 1.54) is 43.6 Å². The van der Waals surface area contributed by atoms with Crippen molar-refractivity contribution < 1.29 is 4.74 Å². The van der Waals surface area contributed by atoms with Gasteiger partial charge in [0.2, 0.25) is 0 Å². The number of nitrogens with one attached hydrogen (secondary N) is 1. The van der Waals surface area contributed by atoms with Crippen molar-refractivity contribution in [2.24, 2.45) is 0 Å². The third-order valence-corrected chi connectivity index (χ3v) is 4.54. The molecule has 0 saturated carbocycles. The molecule has 3 rings (SSSR count). The maximum absolute atomic E-state index is 5.44. The largest absolute Gasteiger partial charge is 0.497 e. The predicted octanol–water partition coefficient (Wildman–Crippen LogP) is 3.43. The number of hydrogen-bond donors (Lipinski definition) is 1. The molecule has 2 heterocycles. The number of thiocarbonyl (C=S) groups is 1. The van der Waals surface area contributed by atoms with Crippen molar-refractivity contribution in [3.8, 4) is 5.75 Å². The van der Waals surface area contributed by atoms with E-state index < -0.39 is 0 Å². The van der Waals surface area contributed by atoms with E-state index in [1.807, 2.05) is 12.1 Å². The summed E-state index contributed by atoms with van der Waals surface area (Å²) < 4.78 is 5.23. The van der Waals surface area contributed by atoms with E-state index in [-0.39, 0.29) is 6.04 Å². The minimum atomic E-state index is 0.269. The molecular formula is C17H22N2OS. The van der Waals surface area contributed by atoms with Gasteiger partial charge in [0.05, 0.1) is 13.2 Å². The summed E-state index contributed by atoms with van der Waals surface area (Å²) in [7, 11) is 1.69. The van der Waals surface area contributed by atoms with Crippen LogP contribution in [0, 0.1) is 0 Å². The Kier molecular flexibility index (Phi) is 4.44. The first-order valence-corrected chi connectivity index (χ1v) is 8.07. The summed E-state index contributed by atoms with van der Waals surface area (Å²) in [4.78, 5) is 3.36. The molecule has 1 atom stereocenters. The number of likely N-dealkylation sites (tertiary alicyclic amines) is 1. The molecule has 1 saturated heterocycles. The number of methoxy groups -OCH3 is 1. The third-order valence-electron chi connectivity index (χ3n) is 4.31. The summed E-state index contributed by atoms with van der Waals surface area (Å²) in [6.45, 7) is 2.34. The first-order chi connectivity index (χ1) is 10.3. The summed E-state index contributed by atoms with van der Waals surface area (Å²) in [5.41, 5.74) is 2.65. The molecule has 0 aromatic heterocycles. The van der Waals surface area contributed by atoms with Gasteiger partial charge >= 0.3 is 0 Å². The van der Waals surface area contributed by atoms with Gasteiger partial charge in [0, 0.05) is 25.2 Å². The molecule has 3 nitrogen and oxygen atoms in total. The van der Waals surface area contributed by atoms with Gasteiger partial charge in [-0.25, -0.2) is 0 Å². The summed E-state index contributed by atoms with van der Waals surface area (Å²) in [6.07, 6.45) is 7.09. The number of rotatable bonds is 3. The first-order valence-electron chi connectivity index (χ1n) is 7.66. The molecule has 1 aromatic rings. The summed E-state index contributed by atoms with van der Waals surface area (Å²) in [5, 5.41) is 3.43. The van der Waals surface area contributed by atoms with Crippen LogP contribution in [-0.2, 0) is 0 Å². The highest BCUT2D eigenvalue weighted by Gasteiger charge is 2.23. The standard InChI is InChI=1S/C17H22N2OS/c1-20-15-7-5-13(6-8-15)16-11-14(12-17(21)18-16)19-9-3-2-4-10-19/h5-8,12,16H,2-4,9-11H2,1H3,(H,18,21). The molecule has 4 heteroatoms. The van der Waals surface area contributed by atoms with Gasteiger partial charge in [-0.2, -0.15) is 0 Å². The van der Waals surface area contributed by atoms with Gasteiger partial charge in [-0.15, -0.1) is 0 Å². The topological polar surface area (TPSA) is 24.5 Å². The van der Waals surface area contributed by atoms with Crippen LogP contribution in [0.3, 0.4) is 0 Å². The van der Waals surface area contributed by atoms with Crippen LogP contribution in [0.15, 0.2) is 36.0 Å². The van der Waals surface area contributed by atoms with Crippen LogP contribution < -0.4 is 10.1 Å². The second-order valence-corrected chi connectivity index (χ2v) is 6.16. The Morgan fingerprint density at radius 2 is 1.86 bits per heavy atom. The molecular weight excluding hydrogens is 280 g/mol. The molecule has 0 radical (unpaired) electrons. The summed E-state index contributed by atoms with van der Waals surface area (Å²) >= 11 is 5.44. The lowest BCUT2D eigenvalue weighted by atomic mass is 9.97. The molecule has 2 aliphatic heterocycles. The Balaban J connectivity index is 1.75. The summed E-state index contributed by atoms with van der Waals surface area (Å²) in [6, 6.07) is 8.54. The van der Waals surface area contributed by atoms with E-state index >= 15 is 0 Å². The highest BCUT2D eigenvalue weighted by atomic mass is 32.1. The molecule has 1 fully saturated rings. The Morgan fingerprint density at radius 3 is 2.52 bits per heavy atom. The lowest BCUT2D eigenvalue weighted by Crippen LogP contribution is -2.37. The van der Waals surface area contributed by atoms with Crippen LogP contribution in [0.5, 0.6) is 5.75 Å². The Hall–Kier alpha value is -1.55. The van der Waals surface area contributed by atoms with Crippen LogP contribution in [0.4, 0.5) is 0 Å². The van der Waals surface area contributed by atoms with Gasteiger partial charge in [0.25, 0.3) is 0 Å². The fourth-order valence-electron chi connectivity index (χ4n) is 3.12. The number of ether oxygens (including phenoxy) is 1. The average molecular weight is 302 g/mol. The Labute approximate surface area is 132 Å². The first kappa shape index (κ1) is 14.4. The number of hydrogen-bond acceptors (Lipinski definition) is 3. The monoisotopic (exact) mass is 302 g/mol. The van der Waals surface area contributed by atoms with Crippen LogP contribution in [-0.4, -0.2) is 30.1 Å². The SMILES string of the molecule is COc1ccc(C2CC(N3CCCCC3)=CC(=S)N2)cc1. The molecule has 112 valence electrons. The quantitative estimate of drug-likeness (QED) is 0.865. The van der Waals surface area contributed by atoms with Gasteiger partial charge in [0.1, 0.15) is 10.7 Å². The van der Waals surface area contributed by atoms with E-state index in [2.05, 4.69) is 28.4 Å². The molecule has 2 aliphatic rings. The minimum Gasteiger partial charge on any atom is -0.497 e.